The minimum Gasteiger partial charge on any atom is -0.439 e. The molecule has 0 radical (unpaired) electrons. The number of carbonyl (C=O) groups excluding carboxylic acids is 1. The van der Waals surface area contributed by atoms with E-state index in [0.717, 1.165) is 47.1 Å². The number of amides is 1. The second-order valence-corrected chi connectivity index (χ2v) is 9.63. The molecule has 6 rings (SSSR count). The number of benzene rings is 1. The molecule has 9 nitrogen and oxygen atoms in total. The molecule has 1 aliphatic heterocycles. The van der Waals surface area contributed by atoms with Crippen LogP contribution in [0.2, 0.25) is 0 Å². The zero-order chi connectivity index (χ0) is 23.4. The van der Waals surface area contributed by atoms with E-state index in [1.54, 1.807) is 10.8 Å². The van der Waals surface area contributed by atoms with Crippen molar-refractivity contribution in [3.05, 3.63) is 59.8 Å². The summed E-state index contributed by atoms with van der Waals surface area (Å²) in [6.07, 6.45) is 6.42. The summed E-state index contributed by atoms with van der Waals surface area (Å²) >= 11 is 0. The zero-order valence-corrected chi connectivity index (χ0v) is 19.5. The molecule has 4 aromatic rings. The number of carbonyl (C=O) groups is 1. The van der Waals surface area contributed by atoms with Gasteiger partial charge in [-0.05, 0) is 50.5 Å². The molecule has 9 heteroatoms. The van der Waals surface area contributed by atoms with Crippen molar-refractivity contribution in [3.8, 4) is 11.6 Å². The number of aryl methyl sites for hydroxylation is 1. The number of rotatable bonds is 4. The Labute approximate surface area is 197 Å². The van der Waals surface area contributed by atoms with Gasteiger partial charge in [0, 0.05) is 54.0 Å². The lowest BCUT2D eigenvalue weighted by atomic mass is 10.0. The Balaban J connectivity index is 1.23. The van der Waals surface area contributed by atoms with Gasteiger partial charge in [0.25, 0.3) is 0 Å². The molecule has 174 valence electrons. The van der Waals surface area contributed by atoms with Gasteiger partial charge >= 0.3 is 6.03 Å². The first kappa shape index (κ1) is 20.9. The molecule has 1 saturated carbocycles. The average Bonchev–Trinajstić information content (AvgIpc) is 3.24. The van der Waals surface area contributed by atoms with Crippen molar-refractivity contribution >= 4 is 22.8 Å². The molecule has 34 heavy (non-hydrogen) atoms. The third-order valence-electron chi connectivity index (χ3n) is 6.95. The maximum absolute atomic E-state index is 13.0. The van der Waals surface area contributed by atoms with Gasteiger partial charge in [0.05, 0.1) is 11.2 Å². The van der Waals surface area contributed by atoms with Crippen LogP contribution in [0, 0.1) is 0 Å². The van der Waals surface area contributed by atoms with E-state index in [4.69, 9.17) is 4.74 Å². The summed E-state index contributed by atoms with van der Waals surface area (Å²) in [5.74, 6) is 1.82. The van der Waals surface area contributed by atoms with Crippen LogP contribution in [0.3, 0.4) is 0 Å². The Morgan fingerprint density at radius 1 is 1.24 bits per heavy atom. The van der Waals surface area contributed by atoms with Crippen LogP contribution in [-0.4, -0.2) is 36.4 Å². The maximum Gasteiger partial charge on any atom is 0.331 e. The quantitative estimate of drug-likeness (QED) is 0.478. The van der Waals surface area contributed by atoms with Crippen molar-refractivity contribution in [1.82, 2.24) is 29.6 Å². The van der Waals surface area contributed by atoms with E-state index in [9.17, 15) is 4.79 Å². The molecule has 1 amide bonds. The predicted octanol–water partition coefficient (Wildman–Crippen LogP) is 4.12. The van der Waals surface area contributed by atoms with Gasteiger partial charge in [-0.15, -0.1) is 0 Å². The number of fused-ring (bicyclic) bond motifs is 2. The van der Waals surface area contributed by atoms with E-state index in [1.807, 2.05) is 42.1 Å². The largest absolute Gasteiger partial charge is 0.439 e. The molecule has 1 atom stereocenters. The smallest absolute Gasteiger partial charge is 0.331 e. The fraction of sp³-hybridized carbons (Fsp3) is 0.360. The van der Waals surface area contributed by atoms with Gasteiger partial charge < -0.3 is 10.1 Å². The van der Waals surface area contributed by atoms with Crippen LogP contribution in [0.5, 0.6) is 11.6 Å². The van der Waals surface area contributed by atoms with Crippen LogP contribution in [0.4, 0.5) is 10.6 Å². The van der Waals surface area contributed by atoms with Gasteiger partial charge in [-0.3, -0.25) is 14.6 Å². The summed E-state index contributed by atoms with van der Waals surface area (Å²) in [6, 6.07) is 9.64. The van der Waals surface area contributed by atoms with Crippen molar-refractivity contribution in [1.29, 1.82) is 0 Å². The lowest BCUT2D eigenvalue weighted by molar-refractivity contribution is 0.254. The van der Waals surface area contributed by atoms with Crippen molar-refractivity contribution in [2.75, 3.05) is 5.32 Å². The number of nitrogens with zero attached hydrogens (tertiary/aromatic N) is 5. The second kappa shape index (κ2) is 7.66. The molecule has 0 bridgehead atoms. The van der Waals surface area contributed by atoms with Crippen LogP contribution in [0.1, 0.15) is 43.6 Å². The van der Waals surface area contributed by atoms with E-state index in [-0.39, 0.29) is 11.4 Å². The Morgan fingerprint density at radius 2 is 2.09 bits per heavy atom. The first-order chi connectivity index (χ1) is 16.4. The predicted molar refractivity (Wildman–Crippen MR) is 128 cm³/mol. The van der Waals surface area contributed by atoms with Crippen LogP contribution in [-0.2, 0) is 25.4 Å². The highest BCUT2D eigenvalue weighted by atomic mass is 16.5. The van der Waals surface area contributed by atoms with Gasteiger partial charge in [-0.25, -0.2) is 14.8 Å². The average molecular weight is 458 g/mol. The van der Waals surface area contributed by atoms with Gasteiger partial charge in [-0.2, -0.15) is 5.10 Å². The number of nitrogens with one attached hydrogen (secondary N) is 2. The van der Waals surface area contributed by atoms with Gasteiger partial charge in [0.1, 0.15) is 12.1 Å². The zero-order valence-electron chi connectivity index (χ0n) is 19.5. The highest BCUT2D eigenvalue weighted by Crippen LogP contribution is 2.47. The third kappa shape index (κ3) is 3.62. The Morgan fingerprint density at radius 3 is 2.91 bits per heavy atom. The van der Waals surface area contributed by atoms with Crippen LogP contribution in [0.25, 0.3) is 10.9 Å². The lowest BCUT2D eigenvalue weighted by Gasteiger charge is -2.23. The summed E-state index contributed by atoms with van der Waals surface area (Å²) in [5.41, 5.74) is 4.14. The molecule has 0 unspecified atom stereocenters. The molecule has 0 saturated heterocycles. The number of hydrogen-bond donors (Lipinski definition) is 2. The minimum atomic E-state index is -0.249. The van der Waals surface area contributed by atoms with Gasteiger partial charge in [-0.1, -0.05) is 6.92 Å². The molecular formula is C25H27N7O2. The Hall–Kier alpha value is -3.72. The number of ether oxygens (including phenoxy) is 1. The van der Waals surface area contributed by atoms with Gasteiger partial charge in [0.2, 0.25) is 5.88 Å². The van der Waals surface area contributed by atoms with Crippen LogP contribution < -0.4 is 15.4 Å². The Bertz CT molecular complexity index is 1420. The van der Waals surface area contributed by atoms with Crippen LogP contribution >= 0.6 is 0 Å². The molecule has 2 aliphatic rings. The van der Waals surface area contributed by atoms with Crippen molar-refractivity contribution in [2.45, 2.75) is 51.1 Å². The molecule has 1 aromatic carbocycles. The SMILES string of the molecule is C[C@H]1Cc2c(ncnc2Oc2ccc3c(ccn3C(=O)Nc3cc(C4(C)CC4)n(C)n3)c2)CN1. The minimum absolute atomic E-state index is 0.179. The molecule has 4 heterocycles. The highest BCUT2D eigenvalue weighted by molar-refractivity contribution is 5.98. The summed E-state index contributed by atoms with van der Waals surface area (Å²) in [6.45, 7) is 5.07. The lowest BCUT2D eigenvalue weighted by Crippen LogP contribution is -2.33. The third-order valence-corrected chi connectivity index (χ3v) is 6.95. The van der Waals surface area contributed by atoms with Crippen LogP contribution in [0.15, 0.2) is 42.9 Å². The number of aromatic nitrogens is 5. The fourth-order valence-corrected chi connectivity index (χ4v) is 4.70. The Kier molecular flexibility index (Phi) is 4.70. The summed E-state index contributed by atoms with van der Waals surface area (Å²) in [5, 5.41) is 11.7. The molecule has 3 aromatic heterocycles. The van der Waals surface area contributed by atoms with Crippen molar-refractivity contribution < 1.29 is 9.53 Å². The first-order valence-corrected chi connectivity index (χ1v) is 11.6. The van der Waals surface area contributed by atoms with E-state index < -0.39 is 0 Å². The van der Waals surface area contributed by atoms with Gasteiger partial charge in [0.15, 0.2) is 5.82 Å². The number of hydrogen-bond acceptors (Lipinski definition) is 6. The summed E-state index contributed by atoms with van der Waals surface area (Å²) in [4.78, 5) is 21.7. The summed E-state index contributed by atoms with van der Waals surface area (Å²) in [7, 11) is 1.92. The normalized spacial score (nSPS) is 18.5. The van der Waals surface area contributed by atoms with E-state index in [2.05, 4.69) is 39.5 Å². The van der Waals surface area contributed by atoms with E-state index in [1.165, 1.54) is 6.33 Å². The number of anilines is 1. The maximum atomic E-state index is 13.0. The highest BCUT2D eigenvalue weighted by Gasteiger charge is 2.41. The fourth-order valence-electron chi connectivity index (χ4n) is 4.70. The van der Waals surface area contributed by atoms with Crippen molar-refractivity contribution in [3.63, 3.8) is 0 Å². The molecular weight excluding hydrogens is 430 g/mol. The van der Waals surface area contributed by atoms with E-state index >= 15 is 0 Å². The van der Waals surface area contributed by atoms with E-state index in [0.29, 0.717) is 30.0 Å². The van der Waals surface area contributed by atoms with Crippen molar-refractivity contribution in [2.24, 2.45) is 7.05 Å². The second-order valence-electron chi connectivity index (χ2n) is 9.63. The monoisotopic (exact) mass is 457 g/mol. The molecule has 2 N–H and O–H groups in total. The first-order valence-electron chi connectivity index (χ1n) is 11.6. The standard InChI is InChI=1S/C25H27N7O2/c1-15-10-18-19(13-26-15)27-14-28-23(18)34-17-4-5-20-16(11-17)6-9-32(20)24(33)29-22-12-21(31(3)30-22)25(2)7-8-25/h4-6,9,11-12,14-15,26H,7-8,10,13H2,1-3H3,(H,29,30,33)/t15-/m0/s1. The molecule has 1 aliphatic carbocycles. The molecule has 1 fully saturated rings. The molecule has 0 spiro atoms. The topological polar surface area (TPSA) is 98.9 Å². The summed E-state index contributed by atoms with van der Waals surface area (Å²) < 4.78 is 9.60.